The van der Waals surface area contributed by atoms with Gasteiger partial charge < -0.3 is 5.32 Å². The molecule has 0 radical (unpaired) electrons. The molecule has 5 heteroatoms. The van der Waals surface area contributed by atoms with Gasteiger partial charge in [0, 0.05) is 11.8 Å². The Balaban J connectivity index is 1.72. The first-order valence-electron chi connectivity index (χ1n) is 8.96. The molecular formula is C20H25N4O+. The van der Waals surface area contributed by atoms with Crippen LogP contribution in [0.3, 0.4) is 0 Å². The van der Waals surface area contributed by atoms with E-state index in [1.165, 1.54) is 32.1 Å². The van der Waals surface area contributed by atoms with E-state index >= 15 is 0 Å². The number of anilines is 1. The van der Waals surface area contributed by atoms with Crippen molar-refractivity contribution in [1.82, 2.24) is 4.68 Å². The smallest absolute Gasteiger partial charge is 0.292 e. The Kier molecular flexibility index (Phi) is 5.18. The van der Waals surface area contributed by atoms with Crippen molar-refractivity contribution in [2.45, 2.75) is 58.5 Å². The highest BCUT2D eigenvalue weighted by Crippen LogP contribution is 2.26. The third kappa shape index (κ3) is 3.90. The highest BCUT2D eigenvalue weighted by Gasteiger charge is 2.23. The molecule has 130 valence electrons. The first-order chi connectivity index (χ1) is 12.1. The monoisotopic (exact) mass is 337 g/mol. The molecule has 1 fully saturated rings. The van der Waals surface area contributed by atoms with Crippen LogP contribution in [0.15, 0.2) is 30.6 Å². The van der Waals surface area contributed by atoms with Gasteiger partial charge in [-0.05, 0) is 49.9 Å². The molecule has 1 amide bonds. The zero-order valence-electron chi connectivity index (χ0n) is 15.0. The van der Waals surface area contributed by atoms with Gasteiger partial charge >= 0.3 is 0 Å². The minimum atomic E-state index is -0.0448. The van der Waals surface area contributed by atoms with Crippen LogP contribution < -0.4 is 10.00 Å². The van der Waals surface area contributed by atoms with E-state index in [2.05, 4.69) is 22.3 Å². The van der Waals surface area contributed by atoms with E-state index in [0.717, 1.165) is 16.8 Å². The fraction of sp³-hybridized carbons (Fsp3) is 0.450. The van der Waals surface area contributed by atoms with Gasteiger partial charge in [0.25, 0.3) is 5.91 Å². The van der Waals surface area contributed by atoms with Crippen molar-refractivity contribution in [2.75, 3.05) is 5.32 Å². The Labute approximate surface area is 148 Å². The van der Waals surface area contributed by atoms with E-state index in [9.17, 15) is 4.79 Å². The second-order valence-electron chi connectivity index (χ2n) is 6.91. The number of nitrogens with zero attached hydrogens (tertiary/aromatic N) is 3. The summed E-state index contributed by atoms with van der Waals surface area (Å²) in [6.07, 6.45) is 10.2. The Morgan fingerprint density at radius 3 is 2.60 bits per heavy atom. The number of hydrogen-bond donors (Lipinski definition) is 1. The zero-order chi connectivity index (χ0) is 17.8. The lowest BCUT2D eigenvalue weighted by Crippen LogP contribution is -2.48. The van der Waals surface area contributed by atoms with Crippen molar-refractivity contribution in [1.29, 1.82) is 5.26 Å². The minimum Gasteiger partial charge on any atom is -0.320 e. The molecule has 0 unspecified atom stereocenters. The molecule has 0 atom stereocenters. The molecule has 25 heavy (non-hydrogen) atoms. The number of aryl methyl sites for hydroxylation is 2. The Morgan fingerprint density at radius 1 is 1.28 bits per heavy atom. The largest absolute Gasteiger partial charge is 0.320 e. The van der Waals surface area contributed by atoms with E-state index < -0.39 is 0 Å². The van der Waals surface area contributed by atoms with Crippen LogP contribution in [-0.4, -0.2) is 10.6 Å². The summed E-state index contributed by atoms with van der Waals surface area (Å²) < 4.78 is 4.21. The van der Waals surface area contributed by atoms with E-state index in [1.54, 1.807) is 12.1 Å². The summed E-state index contributed by atoms with van der Waals surface area (Å²) in [5.74, 6) is -0.0448. The number of carbonyl (C=O) groups excluding carboxylic acids is 1. The number of aromatic nitrogens is 2. The van der Waals surface area contributed by atoms with Gasteiger partial charge in [0.2, 0.25) is 6.54 Å². The van der Waals surface area contributed by atoms with Gasteiger partial charge in [-0.2, -0.15) is 9.94 Å². The molecule has 1 aromatic heterocycles. The second kappa shape index (κ2) is 7.52. The summed E-state index contributed by atoms with van der Waals surface area (Å²) in [4.78, 5) is 12.6. The van der Waals surface area contributed by atoms with Gasteiger partial charge in [-0.1, -0.05) is 19.3 Å². The lowest BCUT2D eigenvalue weighted by atomic mass is 9.96. The standard InChI is InChI=1S/C20H24N4O/c1-15-11-17(13-21)12-16(2)20(15)22-19(25)14-23-9-6-10-24(23)18-7-4-3-5-8-18/h6,9-12,18H,3-5,7-8,14H2,1-2H3/p+1. The summed E-state index contributed by atoms with van der Waals surface area (Å²) in [6.45, 7) is 4.13. The first-order valence-corrected chi connectivity index (χ1v) is 8.96. The van der Waals surface area contributed by atoms with Crippen LogP contribution >= 0.6 is 0 Å². The molecule has 0 bridgehead atoms. The lowest BCUT2D eigenvalue weighted by molar-refractivity contribution is -0.767. The Morgan fingerprint density at radius 2 is 1.96 bits per heavy atom. The number of nitriles is 1. The average molecular weight is 337 g/mol. The predicted octanol–water partition coefficient (Wildman–Crippen LogP) is 3.41. The van der Waals surface area contributed by atoms with Crippen LogP contribution in [0.2, 0.25) is 0 Å². The number of benzene rings is 1. The van der Waals surface area contributed by atoms with Gasteiger partial charge in [0.05, 0.1) is 23.9 Å². The quantitative estimate of drug-likeness (QED) is 0.869. The highest BCUT2D eigenvalue weighted by molar-refractivity contribution is 5.91. The van der Waals surface area contributed by atoms with Crippen molar-refractivity contribution in [2.24, 2.45) is 0 Å². The molecular weight excluding hydrogens is 312 g/mol. The summed E-state index contributed by atoms with van der Waals surface area (Å²) in [7, 11) is 0. The van der Waals surface area contributed by atoms with Crippen LogP contribution in [0.25, 0.3) is 0 Å². The number of nitrogens with one attached hydrogen (secondary N) is 1. The number of rotatable bonds is 4. The van der Waals surface area contributed by atoms with Crippen LogP contribution in [-0.2, 0) is 11.3 Å². The second-order valence-corrected chi connectivity index (χ2v) is 6.91. The van der Waals surface area contributed by atoms with Crippen LogP contribution in [0, 0.1) is 25.2 Å². The van der Waals surface area contributed by atoms with Crippen molar-refractivity contribution in [3.63, 3.8) is 0 Å². The van der Waals surface area contributed by atoms with Crippen LogP contribution in [0.4, 0.5) is 5.69 Å². The van der Waals surface area contributed by atoms with Gasteiger partial charge in [-0.3, -0.25) is 4.79 Å². The molecule has 0 saturated heterocycles. The van der Waals surface area contributed by atoms with Gasteiger partial charge in [0.15, 0.2) is 6.20 Å². The molecule has 2 aromatic rings. The number of hydrogen-bond acceptors (Lipinski definition) is 2. The molecule has 1 N–H and O–H groups in total. The maximum absolute atomic E-state index is 12.6. The van der Waals surface area contributed by atoms with Crippen molar-refractivity contribution < 1.29 is 9.48 Å². The van der Waals surface area contributed by atoms with Gasteiger partial charge in [0.1, 0.15) is 0 Å². The Bertz CT molecular complexity index is 786. The maximum Gasteiger partial charge on any atom is 0.292 e. The fourth-order valence-electron chi connectivity index (χ4n) is 3.75. The molecule has 1 aliphatic carbocycles. The lowest BCUT2D eigenvalue weighted by Gasteiger charge is -2.21. The SMILES string of the molecule is Cc1cc(C#N)cc(C)c1NC(=O)C[n+]1cccn1C1CCCCC1. The normalized spacial score (nSPS) is 14.9. The van der Waals surface area contributed by atoms with E-state index in [0.29, 0.717) is 18.2 Å². The summed E-state index contributed by atoms with van der Waals surface area (Å²) in [5, 5.41) is 12.1. The number of amides is 1. The predicted molar refractivity (Wildman–Crippen MR) is 96.0 cm³/mol. The minimum absolute atomic E-state index is 0.0448. The molecule has 0 spiro atoms. The first kappa shape index (κ1) is 17.2. The Hall–Kier alpha value is -2.61. The van der Waals surface area contributed by atoms with Crippen LogP contribution in [0.1, 0.15) is 54.8 Å². The summed E-state index contributed by atoms with van der Waals surface area (Å²) >= 11 is 0. The van der Waals surface area contributed by atoms with Gasteiger partial charge in [-0.25, -0.2) is 0 Å². The average Bonchev–Trinajstić information content (AvgIpc) is 3.06. The van der Waals surface area contributed by atoms with Crippen molar-refractivity contribution in [3.8, 4) is 6.07 Å². The zero-order valence-corrected chi connectivity index (χ0v) is 15.0. The molecule has 1 aromatic carbocycles. The summed E-state index contributed by atoms with van der Waals surface area (Å²) in [6, 6.07) is 8.26. The molecule has 1 saturated carbocycles. The molecule has 3 rings (SSSR count). The molecule has 5 nitrogen and oxygen atoms in total. The highest BCUT2D eigenvalue weighted by atomic mass is 16.2. The van der Waals surface area contributed by atoms with Gasteiger partial charge in [-0.15, -0.1) is 4.68 Å². The van der Waals surface area contributed by atoms with E-state index in [1.807, 2.05) is 30.8 Å². The molecule has 0 aliphatic heterocycles. The van der Waals surface area contributed by atoms with Crippen molar-refractivity contribution in [3.05, 3.63) is 47.3 Å². The molecule has 1 aliphatic rings. The van der Waals surface area contributed by atoms with Crippen LogP contribution in [0.5, 0.6) is 0 Å². The topological polar surface area (TPSA) is 61.7 Å². The third-order valence-electron chi connectivity index (χ3n) is 4.97. The van der Waals surface area contributed by atoms with E-state index in [-0.39, 0.29) is 5.91 Å². The fourth-order valence-corrected chi connectivity index (χ4v) is 3.75. The third-order valence-corrected chi connectivity index (χ3v) is 4.97. The van der Waals surface area contributed by atoms with E-state index in [4.69, 9.17) is 5.26 Å². The van der Waals surface area contributed by atoms with Crippen molar-refractivity contribution >= 4 is 11.6 Å². The summed E-state index contributed by atoms with van der Waals surface area (Å²) in [5.41, 5.74) is 3.25. The molecule has 1 heterocycles. The maximum atomic E-state index is 12.6. The number of carbonyl (C=O) groups is 1.